The van der Waals surface area contributed by atoms with Crippen LogP contribution < -0.4 is 0 Å². The molecule has 2 aromatic rings. The second-order valence-electron chi connectivity index (χ2n) is 15.0. The average Bonchev–Trinajstić information content (AvgIpc) is 3.42. The summed E-state index contributed by atoms with van der Waals surface area (Å²) in [5, 5.41) is 0. The normalized spacial score (nSPS) is 13.6. The highest BCUT2D eigenvalue weighted by molar-refractivity contribution is 5.83. The van der Waals surface area contributed by atoms with Gasteiger partial charge in [0.15, 0.2) is 0 Å². The highest BCUT2D eigenvalue weighted by Crippen LogP contribution is 2.46. The number of benzene rings is 2. The van der Waals surface area contributed by atoms with Gasteiger partial charge < -0.3 is 5.53 Å². The lowest BCUT2D eigenvalue weighted by atomic mass is 9.89. The smallest absolute Gasteiger partial charge is 0.211 e. The molecule has 0 spiro atoms. The zero-order chi connectivity index (χ0) is 36.4. The molecule has 2 heteroatoms. The molecule has 51 heavy (non-hydrogen) atoms. The molecule has 0 saturated carbocycles. The average molecular weight is 691 g/mol. The molecule has 0 unspecified atom stereocenters. The fourth-order valence-corrected chi connectivity index (χ4v) is 7.62. The Balaban J connectivity index is 1.82. The zero-order valence-electron chi connectivity index (χ0n) is 33.5. The van der Waals surface area contributed by atoms with E-state index in [1.54, 1.807) is 4.70 Å². The predicted molar refractivity (Wildman–Crippen MR) is 225 cm³/mol. The molecule has 0 atom stereocenters. The molecule has 0 N–H and O–H groups in total. The third kappa shape index (κ3) is 14.9. The number of nitrogens with zero attached hydrogens (tertiary/aromatic N) is 2. The number of hydrogen-bond acceptors (Lipinski definition) is 0. The van der Waals surface area contributed by atoms with Crippen LogP contribution in [-0.2, 0) is 12.8 Å². The van der Waals surface area contributed by atoms with Crippen molar-refractivity contribution < 1.29 is 4.70 Å². The van der Waals surface area contributed by atoms with Crippen LogP contribution in [0.25, 0.3) is 16.9 Å². The second-order valence-corrected chi connectivity index (χ2v) is 15.0. The molecule has 2 aromatic carbocycles. The van der Waals surface area contributed by atoms with Crippen LogP contribution in [0.15, 0.2) is 84.0 Å². The fraction of sp³-hybridized carbons (Fsp3) is 0.592. The van der Waals surface area contributed by atoms with Gasteiger partial charge in [-0.2, -0.15) is 0 Å². The van der Waals surface area contributed by atoms with Gasteiger partial charge in [0.05, 0.1) is 0 Å². The van der Waals surface area contributed by atoms with E-state index in [0.717, 1.165) is 69.2 Å². The quantitative estimate of drug-likeness (QED) is 0.0461. The first-order valence-electron chi connectivity index (χ1n) is 21.6. The lowest BCUT2D eigenvalue weighted by Gasteiger charge is -2.14. The number of allylic oxidation sites excluding steroid dienone is 6. The van der Waals surface area contributed by atoms with Crippen LogP contribution in [0.4, 0.5) is 0 Å². The molecule has 1 aliphatic rings. The molecule has 0 aromatic heterocycles. The Morgan fingerprint density at radius 3 is 1.25 bits per heavy atom. The molecule has 1 aliphatic heterocycles. The third-order valence-electron chi connectivity index (χ3n) is 10.7. The van der Waals surface area contributed by atoms with E-state index in [9.17, 15) is 5.53 Å². The summed E-state index contributed by atoms with van der Waals surface area (Å²) in [5.41, 5.74) is 22.3. The first-order chi connectivity index (χ1) is 25.2. The first-order valence-corrected chi connectivity index (χ1v) is 21.6. The van der Waals surface area contributed by atoms with Crippen molar-refractivity contribution in [2.24, 2.45) is 0 Å². The molecule has 0 aliphatic carbocycles. The maximum Gasteiger partial charge on any atom is 0.211 e. The molecule has 0 fully saturated rings. The fourth-order valence-electron chi connectivity index (χ4n) is 7.62. The molecule has 0 bridgehead atoms. The van der Waals surface area contributed by atoms with E-state index in [2.05, 4.69) is 101 Å². The lowest BCUT2D eigenvalue weighted by Crippen LogP contribution is -2.06. The van der Waals surface area contributed by atoms with E-state index in [1.807, 2.05) is 0 Å². The van der Waals surface area contributed by atoms with Gasteiger partial charge >= 0.3 is 0 Å². The largest absolute Gasteiger partial charge is 0.493 e. The van der Waals surface area contributed by atoms with Crippen molar-refractivity contribution in [1.29, 1.82) is 0 Å². The number of aryl methyl sites for hydroxylation is 2. The molecular formula is C49H74N2. The second kappa shape index (κ2) is 26.7. The van der Waals surface area contributed by atoms with Crippen molar-refractivity contribution in [2.75, 3.05) is 0 Å². The van der Waals surface area contributed by atoms with Crippen LogP contribution in [0, 0.1) is 0 Å². The molecule has 2 nitrogen and oxygen atoms in total. The standard InChI is InChI=1S/C49H74N2/c1-5-9-13-15-17-19-21-23-25-28-34-42-36-30-32-39-44(42)48-46(38-12-8-4)47(41-27-11-7-3)49(51(48)50)45-40-33-31-37-43(45)35-29-26-24-22-20-18-16-14-10-6-2/h23-26,30-33,36-37,39-40H,5-22,27-29,34-35,38,41H2,1-4H3. The first kappa shape index (κ1) is 42.4. The minimum atomic E-state index is 0.990. The van der Waals surface area contributed by atoms with Crippen molar-refractivity contribution in [3.63, 3.8) is 0 Å². The Hall–Kier alpha value is -3.00. The summed E-state index contributed by atoms with van der Waals surface area (Å²) < 4.78 is 1.62. The van der Waals surface area contributed by atoms with E-state index < -0.39 is 0 Å². The summed E-state index contributed by atoms with van der Waals surface area (Å²) >= 11 is 0. The third-order valence-corrected chi connectivity index (χ3v) is 10.7. The summed E-state index contributed by atoms with van der Waals surface area (Å²) in [7, 11) is 0. The van der Waals surface area contributed by atoms with Crippen LogP contribution in [0.2, 0.25) is 0 Å². The van der Waals surface area contributed by atoms with Crippen molar-refractivity contribution in [3.05, 3.63) is 112 Å². The molecule has 3 rings (SSSR count). The monoisotopic (exact) mass is 691 g/mol. The van der Waals surface area contributed by atoms with Gasteiger partial charge in [-0.25, -0.2) is 4.70 Å². The maximum absolute atomic E-state index is 12.4. The number of unbranched alkanes of at least 4 members (excludes halogenated alkanes) is 15. The van der Waals surface area contributed by atoms with E-state index >= 15 is 0 Å². The molecular weight excluding hydrogens is 617 g/mol. The minimum absolute atomic E-state index is 0.990. The molecule has 280 valence electrons. The maximum atomic E-state index is 12.4. The van der Waals surface area contributed by atoms with Crippen molar-refractivity contribution in [1.82, 2.24) is 0 Å². The van der Waals surface area contributed by atoms with Gasteiger partial charge in [-0.15, -0.1) is 0 Å². The highest BCUT2D eigenvalue weighted by Gasteiger charge is 2.36. The minimum Gasteiger partial charge on any atom is -0.493 e. The van der Waals surface area contributed by atoms with Gasteiger partial charge in [0.1, 0.15) is 0 Å². The van der Waals surface area contributed by atoms with Gasteiger partial charge in [-0.1, -0.05) is 172 Å². The Kier molecular flexibility index (Phi) is 22.2. The Morgan fingerprint density at radius 2 is 0.784 bits per heavy atom. The van der Waals surface area contributed by atoms with Crippen LogP contribution in [0.3, 0.4) is 0 Å². The van der Waals surface area contributed by atoms with E-state index in [-0.39, 0.29) is 0 Å². The Bertz CT molecular complexity index is 1390. The van der Waals surface area contributed by atoms with E-state index in [1.165, 1.54) is 136 Å². The van der Waals surface area contributed by atoms with Crippen molar-refractivity contribution in [3.8, 4) is 0 Å². The molecule has 0 saturated heterocycles. The topological polar surface area (TPSA) is 25.3 Å². The summed E-state index contributed by atoms with van der Waals surface area (Å²) in [6.45, 7) is 9.14. The van der Waals surface area contributed by atoms with Crippen molar-refractivity contribution in [2.45, 2.75) is 188 Å². The zero-order valence-corrected chi connectivity index (χ0v) is 33.5. The highest BCUT2D eigenvalue weighted by atomic mass is 15.2. The summed E-state index contributed by atoms with van der Waals surface area (Å²) in [6.07, 6.45) is 40.0. The molecule has 0 amide bonds. The van der Waals surface area contributed by atoms with E-state index in [0.29, 0.717) is 0 Å². The Labute approximate surface area is 315 Å². The predicted octanol–water partition coefficient (Wildman–Crippen LogP) is 16.1. The molecule has 0 radical (unpaired) electrons. The summed E-state index contributed by atoms with van der Waals surface area (Å²) in [5.74, 6) is 0. The molecule has 1 heterocycles. The van der Waals surface area contributed by atoms with Crippen LogP contribution >= 0.6 is 0 Å². The van der Waals surface area contributed by atoms with Crippen molar-refractivity contribution >= 4 is 11.4 Å². The Morgan fingerprint density at radius 1 is 0.412 bits per heavy atom. The number of hydrogen-bond donors (Lipinski definition) is 0. The van der Waals surface area contributed by atoms with Gasteiger partial charge in [-0.05, 0) is 100 Å². The van der Waals surface area contributed by atoms with Crippen LogP contribution in [-0.4, -0.2) is 4.70 Å². The van der Waals surface area contributed by atoms with Gasteiger partial charge in [-0.3, -0.25) is 0 Å². The summed E-state index contributed by atoms with van der Waals surface area (Å²) in [4.78, 5) is 0. The van der Waals surface area contributed by atoms with E-state index in [4.69, 9.17) is 0 Å². The summed E-state index contributed by atoms with van der Waals surface area (Å²) in [6, 6.07) is 17.8. The van der Waals surface area contributed by atoms with Crippen LogP contribution in [0.5, 0.6) is 0 Å². The van der Waals surface area contributed by atoms with Gasteiger partial charge in [0.2, 0.25) is 11.4 Å². The SMILES string of the molecule is CCCCCCCCC=CCCc1ccccc1C1=C(CCCC)C(CCCCC)=C(c2ccccc2CCC=CCCCCCCCC)[N+]1=[N-]. The lowest BCUT2D eigenvalue weighted by molar-refractivity contribution is -0.345. The van der Waals surface area contributed by atoms with Crippen LogP contribution in [0.1, 0.15) is 198 Å². The number of rotatable bonds is 29. The van der Waals surface area contributed by atoms with Gasteiger partial charge in [0.25, 0.3) is 0 Å². The van der Waals surface area contributed by atoms with Gasteiger partial charge in [0, 0.05) is 22.3 Å².